The average Bonchev–Trinajstić information content (AvgIpc) is 2.57. The summed E-state index contributed by atoms with van der Waals surface area (Å²) in [4.78, 5) is 2.61. The van der Waals surface area contributed by atoms with Gasteiger partial charge in [0.2, 0.25) is 0 Å². The maximum absolute atomic E-state index is 5.79. The van der Waals surface area contributed by atoms with Gasteiger partial charge >= 0.3 is 0 Å². The van der Waals surface area contributed by atoms with Gasteiger partial charge in [-0.3, -0.25) is 4.90 Å². The van der Waals surface area contributed by atoms with E-state index in [0.717, 1.165) is 36.9 Å². The number of nitrogens with zero attached hydrogens (tertiary/aromatic N) is 1. The van der Waals surface area contributed by atoms with Crippen LogP contribution in [0, 0.1) is 5.92 Å². The van der Waals surface area contributed by atoms with Gasteiger partial charge in [0, 0.05) is 19.6 Å². The van der Waals surface area contributed by atoms with Gasteiger partial charge in [-0.25, -0.2) is 0 Å². The van der Waals surface area contributed by atoms with E-state index in [2.05, 4.69) is 22.3 Å². The second-order valence-corrected chi connectivity index (χ2v) is 6.63. The van der Waals surface area contributed by atoms with E-state index in [9.17, 15) is 0 Å². The van der Waals surface area contributed by atoms with Gasteiger partial charge in [0.15, 0.2) is 11.5 Å². The van der Waals surface area contributed by atoms with Gasteiger partial charge in [-0.15, -0.1) is 0 Å². The van der Waals surface area contributed by atoms with E-state index in [1.54, 1.807) is 0 Å². The van der Waals surface area contributed by atoms with Gasteiger partial charge in [-0.2, -0.15) is 0 Å². The topological polar surface area (TPSA) is 33.7 Å². The summed E-state index contributed by atoms with van der Waals surface area (Å²) in [6, 6.07) is 4.40. The molecule has 3 rings (SSSR count). The predicted molar refractivity (Wildman–Crippen MR) is 93.4 cm³/mol. The molecule has 4 heteroatoms. The summed E-state index contributed by atoms with van der Waals surface area (Å²) in [7, 11) is 0. The van der Waals surface area contributed by atoms with Crippen LogP contribution >= 0.6 is 0 Å². The molecule has 128 valence electrons. The number of fused-ring (bicyclic) bond motifs is 1. The monoisotopic (exact) mass is 318 g/mol. The Kier molecular flexibility index (Phi) is 5.79. The third-order valence-corrected chi connectivity index (χ3v) is 4.87. The van der Waals surface area contributed by atoms with Crippen molar-refractivity contribution < 1.29 is 9.47 Å². The Labute approximate surface area is 140 Å². The molecule has 4 nitrogen and oxygen atoms in total. The van der Waals surface area contributed by atoms with Crippen LogP contribution in [0.1, 0.15) is 37.8 Å². The zero-order valence-corrected chi connectivity index (χ0v) is 14.6. The molecule has 0 aromatic heterocycles. The second-order valence-electron chi connectivity index (χ2n) is 6.63. The Bertz CT molecular complexity index is 512. The molecule has 0 spiro atoms. The lowest BCUT2D eigenvalue weighted by Gasteiger charge is -2.34. The molecule has 1 N–H and O–H groups in total. The zero-order chi connectivity index (χ0) is 16.1. The van der Waals surface area contributed by atoms with Crippen molar-refractivity contribution in [3.05, 3.63) is 23.3 Å². The van der Waals surface area contributed by atoms with E-state index in [-0.39, 0.29) is 0 Å². The van der Waals surface area contributed by atoms with Crippen LogP contribution in [0.15, 0.2) is 12.1 Å². The number of benzene rings is 1. The van der Waals surface area contributed by atoms with Crippen LogP contribution in [0.2, 0.25) is 0 Å². The molecule has 2 heterocycles. The van der Waals surface area contributed by atoms with Crippen molar-refractivity contribution in [2.24, 2.45) is 5.92 Å². The van der Waals surface area contributed by atoms with E-state index in [4.69, 9.17) is 9.47 Å². The average molecular weight is 318 g/mol. The summed E-state index contributed by atoms with van der Waals surface area (Å²) in [5, 5.41) is 3.53. The summed E-state index contributed by atoms with van der Waals surface area (Å²) in [5.41, 5.74) is 2.84. The highest BCUT2D eigenvalue weighted by Gasteiger charge is 2.23. The summed E-state index contributed by atoms with van der Waals surface area (Å²) < 4.78 is 11.5. The molecule has 2 aliphatic heterocycles. The molecular formula is C19H30N2O2. The zero-order valence-electron chi connectivity index (χ0n) is 14.6. The smallest absolute Gasteiger partial charge is 0.161 e. The largest absolute Gasteiger partial charge is 0.490 e. The number of rotatable bonds is 6. The van der Waals surface area contributed by atoms with Gasteiger partial charge in [-0.1, -0.05) is 0 Å². The van der Waals surface area contributed by atoms with Crippen LogP contribution in [0.25, 0.3) is 0 Å². The maximum Gasteiger partial charge on any atom is 0.161 e. The molecule has 1 aromatic carbocycles. The van der Waals surface area contributed by atoms with E-state index in [0.29, 0.717) is 13.2 Å². The molecule has 1 atom stereocenters. The van der Waals surface area contributed by atoms with Crippen molar-refractivity contribution in [2.75, 3.05) is 39.4 Å². The van der Waals surface area contributed by atoms with Crippen LogP contribution in [-0.4, -0.2) is 44.3 Å². The third-order valence-electron chi connectivity index (χ3n) is 4.87. The Hall–Kier alpha value is -1.26. The lowest BCUT2D eigenvalue weighted by atomic mass is 9.95. The predicted octanol–water partition coefficient (Wildman–Crippen LogP) is 2.84. The lowest BCUT2D eigenvalue weighted by Crippen LogP contribution is -2.40. The number of ether oxygens (including phenoxy) is 2. The van der Waals surface area contributed by atoms with Crippen LogP contribution in [0.5, 0.6) is 11.5 Å². The minimum absolute atomic E-state index is 0.677. The molecule has 1 fully saturated rings. The van der Waals surface area contributed by atoms with Crippen molar-refractivity contribution in [3.8, 4) is 11.5 Å². The fraction of sp³-hybridized carbons (Fsp3) is 0.684. The minimum atomic E-state index is 0.677. The van der Waals surface area contributed by atoms with E-state index < -0.39 is 0 Å². The molecule has 1 aromatic rings. The summed E-state index contributed by atoms with van der Waals surface area (Å²) >= 11 is 0. The Morgan fingerprint density at radius 3 is 2.52 bits per heavy atom. The normalized spacial score (nSPS) is 21.7. The quantitative estimate of drug-likeness (QED) is 0.874. The lowest BCUT2D eigenvalue weighted by molar-refractivity contribution is 0.193. The van der Waals surface area contributed by atoms with E-state index in [1.807, 2.05) is 13.8 Å². The summed E-state index contributed by atoms with van der Waals surface area (Å²) in [5.74, 6) is 2.60. The van der Waals surface area contributed by atoms with Crippen molar-refractivity contribution in [1.29, 1.82) is 0 Å². The summed E-state index contributed by atoms with van der Waals surface area (Å²) in [6.45, 7) is 11.2. The van der Waals surface area contributed by atoms with Gasteiger partial charge in [0.1, 0.15) is 0 Å². The molecular weight excluding hydrogens is 288 g/mol. The molecule has 0 bridgehead atoms. The first-order valence-corrected chi connectivity index (χ1v) is 9.14. The first-order chi connectivity index (χ1) is 11.3. The highest BCUT2D eigenvalue weighted by atomic mass is 16.5. The van der Waals surface area contributed by atoms with Crippen LogP contribution in [0.3, 0.4) is 0 Å². The van der Waals surface area contributed by atoms with Gasteiger partial charge in [0.05, 0.1) is 13.2 Å². The van der Waals surface area contributed by atoms with Gasteiger partial charge in [0.25, 0.3) is 0 Å². The second kappa shape index (κ2) is 8.02. The molecule has 2 aliphatic rings. The van der Waals surface area contributed by atoms with Crippen molar-refractivity contribution in [1.82, 2.24) is 10.2 Å². The SMILES string of the molecule is CCOc1cc2c(cc1OCC)CN(CC1CCCNC1)CC2. The van der Waals surface area contributed by atoms with Crippen LogP contribution in [0.4, 0.5) is 0 Å². The first kappa shape index (κ1) is 16.6. The van der Waals surface area contributed by atoms with Gasteiger partial charge < -0.3 is 14.8 Å². The molecule has 0 radical (unpaired) electrons. The molecule has 1 saturated heterocycles. The molecule has 1 unspecified atom stereocenters. The molecule has 0 saturated carbocycles. The van der Waals surface area contributed by atoms with E-state index in [1.165, 1.54) is 43.6 Å². The highest BCUT2D eigenvalue weighted by molar-refractivity contribution is 5.48. The fourth-order valence-corrected chi connectivity index (χ4v) is 3.76. The Balaban J connectivity index is 1.70. The number of hydrogen-bond donors (Lipinski definition) is 1. The van der Waals surface area contributed by atoms with Crippen molar-refractivity contribution in [3.63, 3.8) is 0 Å². The fourth-order valence-electron chi connectivity index (χ4n) is 3.76. The van der Waals surface area contributed by atoms with Gasteiger partial charge in [-0.05, 0) is 75.4 Å². The molecule has 0 amide bonds. The number of piperidine rings is 1. The van der Waals surface area contributed by atoms with Crippen molar-refractivity contribution in [2.45, 2.75) is 39.7 Å². The number of nitrogens with one attached hydrogen (secondary N) is 1. The van der Waals surface area contributed by atoms with E-state index >= 15 is 0 Å². The standard InChI is InChI=1S/C19H30N2O2/c1-3-22-18-10-16-7-9-21(13-15-6-5-8-20-12-15)14-17(16)11-19(18)23-4-2/h10-11,15,20H,3-9,12-14H2,1-2H3. The van der Waals surface area contributed by atoms with Crippen LogP contribution in [-0.2, 0) is 13.0 Å². The molecule has 23 heavy (non-hydrogen) atoms. The Morgan fingerprint density at radius 1 is 1.13 bits per heavy atom. The van der Waals surface area contributed by atoms with Crippen molar-refractivity contribution >= 4 is 0 Å². The third kappa shape index (κ3) is 4.18. The Morgan fingerprint density at radius 2 is 1.87 bits per heavy atom. The molecule has 0 aliphatic carbocycles. The highest BCUT2D eigenvalue weighted by Crippen LogP contribution is 2.34. The number of hydrogen-bond acceptors (Lipinski definition) is 4. The minimum Gasteiger partial charge on any atom is -0.490 e. The first-order valence-electron chi connectivity index (χ1n) is 9.14. The maximum atomic E-state index is 5.79. The van der Waals surface area contributed by atoms with Crippen LogP contribution < -0.4 is 14.8 Å². The summed E-state index contributed by atoms with van der Waals surface area (Å²) in [6.07, 6.45) is 3.80.